The topological polar surface area (TPSA) is 24.1 Å². The number of nitrogens with one attached hydrogen (secondary N) is 2. The summed E-state index contributed by atoms with van der Waals surface area (Å²) in [6, 6.07) is 2.25. The zero-order valence-corrected chi connectivity index (χ0v) is 11.1. The van der Waals surface area contributed by atoms with E-state index >= 15 is 0 Å². The van der Waals surface area contributed by atoms with Crippen LogP contribution in [0.25, 0.3) is 0 Å². The number of hydrogen-bond donors (Lipinski definition) is 2. The summed E-state index contributed by atoms with van der Waals surface area (Å²) < 4.78 is 0. The number of thiophene rings is 1. The fourth-order valence-electron chi connectivity index (χ4n) is 2.40. The van der Waals surface area contributed by atoms with Gasteiger partial charge in [-0.05, 0) is 49.7 Å². The Kier molecular flexibility index (Phi) is 4.00. The largest absolute Gasteiger partial charge is 0.310 e. The third kappa shape index (κ3) is 2.84. The van der Waals surface area contributed by atoms with Crippen molar-refractivity contribution >= 4 is 11.3 Å². The van der Waals surface area contributed by atoms with Crippen LogP contribution in [-0.4, -0.2) is 18.6 Å². The van der Waals surface area contributed by atoms with Crippen molar-refractivity contribution in [2.75, 3.05) is 13.1 Å². The molecule has 1 saturated heterocycles. The molecular formula is C13H22N2S. The molecule has 0 radical (unpaired) electrons. The molecule has 2 heterocycles. The molecule has 90 valence electrons. The second-order valence-corrected chi connectivity index (χ2v) is 5.92. The molecule has 3 heteroatoms. The number of hydrogen-bond acceptors (Lipinski definition) is 3. The first-order chi connectivity index (χ1) is 7.73. The van der Waals surface area contributed by atoms with E-state index in [4.69, 9.17) is 0 Å². The van der Waals surface area contributed by atoms with Gasteiger partial charge in [0, 0.05) is 23.5 Å². The Balaban J connectivity index is 1.79. The minimum Gasteiger partial charge on any atom is -0.310 e. The van der Waals surface area contributed by atoms with Gasteiger partial charge in [0.05, 0.1) is 0 Å². The van der Waals surface area contributed by atoms with Gasteiger partial charge in [0.2, 0.25) is 0 Å². The summed E-state index contributed by atoms with van der Waals surface area (Å²) in [5, 5.41) is 9.38. The molecule has 0 aromatic carbocycles. The summed E-state index contributed by atoms with van der Waals surface area (Å²) in [6.07, 6.45) is 3.76. The van der Waals surface area contributed by atoms with Crippen LogP contribution < -0.4 is 10.6 Å². The minimum absolute atomic E-state index is 0.323. The van der Waals surface area contributed by atoms with Crippen molar-refractivity contribution in [1.82, 2.24) is 10.6 Å². The van der Waals surface area contributed by atoms with Gasteiger partial charge in [-0.1, -0.05) is 6.92 Å². The molecule has 1 aromatic rings. The molecule has 16 heavy (non-hydrogen) atoms. The van der Waals surface area contributed by atoms with Crippen molar-refractivity contribution in [3.63, 3.8) is 0 Å². The molecule has 1 aromatic heterocycles. The first-order valence-electron chi connectivity index (χ1n) is 6.24. The van der Waals surface area contributed by atoms with Crippen LogP contribution >= 0.6 is 11.3 Å². The second kappa shape index (κ2) is 5.30. The van der Waals surface area contributed by atoms with Crippen LogP contribution in [0.3, 0.4) is 0 Å². The van der Waals surface area contributed by atoms with E-state index in [2.05, 4.69) is 35.9 Å². The monoisotopic (exact) mass is 238 g/mol. The van der Waals surface area contributed by atoms with E-state index in [0.29, 0.717) is 5.54 Å². The van der Waals surface area contributed by atoms with Gasteiger partial charge < -0.3 is 10.6 Å². The molecule has 0 bridgehead atoms. The number of aryl methyl sites for hydroxylation is 1. The summed E-state index contributed by atoms with van der Waals surface area (Å²) in [7, 11) is 0. The lowest BCUT2D eigenvalue weighted by Crippen LogP contribution is -2.45. The number of rotatable bonds is 5. The third-order valence-corrected chi connectivity index (χ3v) is 4.44. The summed E-state index contributed by atoms with van der Waals surface area (Å²) in [5.41, 5.74) is 1.82. The second-order valence-electron chi connectivity index (χ2n) is 4.92. The summed E-state index contributed by atoms with van der Waals surface area (Å²) in [5.74, 6) is 0. The molecule has 1 fully saturated rings. The van der Waals surface area contributed by atoms with Crippen LogP contribution in [0.1, 0.15) is 37.1 Å². The Labute approximate surface area is 102 Å². The minimum atomic E-state index is 0.323. The van der Waals surface area contributed by atoms with Gasteiger partial charge in [-0.2, -0.15) is 0 Å². The Morgan fingerprint density at radius 3 is 3.12 bits per heavy atom. The molecule has 0 aliphatic carbocycles. The Morgan fingerprint density at radius 1 is 1.56 bits per heavy atom. The van der Waals surface area contributed by atoms with E-state index in [0.717, 1.165) is 19.5 Å². The summed E-state index contributed by atoms with van der Waals surface area (Å²) >= 11 is 1.87. The third-order valence-electron chi connectivity index (χ3n) is 3.48. The van der Waals surface area contributed by atoms with Crippen LogP contribution in [0.5, 0.6) is 0 Å². The molecule has 1 aliphatic heterocycles. The highest BCUT2D eigenvalue weighted by molar-refractivity contribution is 7.10. The van der Waals surface area contributed by atoms with Crippen molar-refractivity contribution < 1.29 is 0 Å². The van der Waals surface area contributed by atoms with E-state index in [9.17, 15) is 0 Å². The predicted molar refractivity (Wildman–Crippen MR) is 71.0 cm³/mol. The molecule has 1 unspecified atom stereocenters. The quantitative estimate of drug-likeness (QED) is 0.824. The standard InChI is InChI=1S/C13H22N2S/c1-3-11-5-8-16-12(11)9-14-10-13(2)6-4-7-15-13/h5,8,14-15H,3-4,6-7,9-10H2,1-2H3. The summed E-state index contributed by atoms with van der Waals surface area (Å²) in [6.45, 7) is 7.83. The van der Waals surface area contributed by atoms with E-state index in [1.165, 1.54) is 29.8 Å². The Bertz CT molecular complexity index is 326. The molecule has 0 saturated carbocycles. The average molecular weight is 238 g/mol. The summed E-state index contributed by atoms with van der Waals surface area (Å²) in [4.78, 5) is 1.50. The highest BCUT2D eigenvalue weighted by Crippen LogP contribution is 2.19. The van der Waals surface area contributed by atoms with Crippen molar-refractivity contribution in [2.45, 2.75) is 45.2 Å². The van der Waals surface area contributed by atoms with Gasteiger partial charge in [-0.25, -0.2) is 0 Å². The predicted octanol–water partition coefficient (Wildman–Crippen LogP) is 2.54. The van der Waals surface area contributed by atoms with Gasteiger partial charge in [-0.15, -0.1) is 11.3 Å². The van der Waals surface area contributed by atoms with Crippen molar-refractivity contribution in [3.05, 3.63) is 21.9 Å². The fourth-order valence-corrected chi connectivity index (χ4v) is 3.34. The molecular weight excluding hydrogens is 216 g/mol. The van der Waals surface area contributed by atoms with Gasteiger partial charge in [0.1, 0.15) is 0 Å². The molecule has 2 nitrogen and oxygen atoms in total. The van der Waals surface area contributed by atoms with Crippen LogP contribution in [0.15, 0.2) is 11.4 Å². The maximum Gasteiger partial charge on any atom is 0.0303 e. The normalized spacial score (nSPS) is 25.1. The molecule has 2 rings (SSSR count). The average Bonchev–Trinajstić information content (AvgIpc) is 2.88. The molecule has 1 aliphatic rings. The zero-order valence-electron chi connectivity index (χ0n) is 10.3. The van der Waals surface area contributed by atoms with Crippen LogP contribution in [0.4, 0.5) is 0 Å². The Morgan fingerprint density at radius 2 is 2.44 bits per heavy atom. The molecule has 0 spiro atoms. The fraction of sp³-hybridized carbons (Fsp3) is 0.692. The molecule has 2 N–H and O–H groups in total. The van der Waals surface area contributed by atoms with E-state index < -0.39 is 0 Å². The van der Waals surface area contributed by atoms with Crippen LogP contribution in [0, 0.1) is 0 Å². The Hall–Kier alpha value is -0.380. The first kappa shape index (κ1) is 12.1. The van der Waals surface area contributed by atoms with E-state index in [-0.39, 0.29) is 0 Å². The van der Waals surface area contributed by atoms with E-state index in [1.807, 2.05) is 11.3 Å². The molecule has 1 atom stereocenters. The van der Waals surface area contributed by atoms with Gasteiger partial charge in [0.25, 0.3) is 0 Å². The smallest absolute Gasteiger partial charge is 0.0303 e. The van der Waals surface area contributed by atoms with Crippen LogP contribution in [-0.2, 0) is 13.0 Å². The first-order valence-corrected chi connectivity index (χ1v) is 7.12. The SMILES string of the molecule is CCc1ccsc1CNCC1(C)CCCN1. The zero-order chi connectivity index (χ0) is 11.4. The van der Waals surface area contributed by atoms with E-state index in [1.54, 1.807) is 0 Å². The lowest BCUT2D eigenvalue weighted by atomic mass is 10.0. The highest BCUT2D eigenvalue weighted by atomic mass is 32.1. The van der Waals surface area contributed by atoms with Gasteiger partial charge in [0.15, 0.2) is 0 Å². The maximum absolute atomic E-state index is 3.59. The lowest BCUT2D eigenvalue weighted by Gasteiger charge is -2.24. The van der Waals surface area contributed by atoms with Crippen molar-refractivity contribution in [3.8, 4) is 0 Å². The highest BCUT2D eigenvalue weighted by Gasteiger charge is 2.27. The molecule has 0 amide bonds. The van der Waals surface area contributed by atoms with Crippen molar-refractivity contribution in [1.29, 1.82) is 0 Å². The lowest BCUT2D eigenvalue weighted by molar-refractivity contribution is 0.385. The van der Waals surface area contributed by atoms with Gasteiger partial charge in [-0.3, -0.25) is 0 Å². The maximum atomic E-state index is 3.59. The van der Waals surface area contributed by atoms with Gasteiger partial charge >= 0.3 is 0 Å². The van der Waals surface area contributed by atoms with Crippen molar-refractivity contribution in [2.24, 2.45) is 0 Å². The van der Waals surface area contributed by atoms with Crippen LogP contribution in [0.2, 0.25) is 0 Å².